The Morgan fingerprint density at radius 1 is 1.20 bits per heavy atom. The van der Waals surface area contributed by atoms with Gasteiger partial charge in [-0.25, -0.2) is 0 Å². The minimum Gasteiger partial charge on any atom is -0.298 e. The predicted molar refractivity (Wildman–Crippen MR) is 99.5 cm³/mol. The molecule has 0 aliphatic carbocycles. The molecule has 2 aromatic heterocycles. The third-order valence-corrected chi connectivity index (χ3v) is 4.76. The summed E-state index contributed by atoms with van der Waals surface area (Å²) in [5, 5.41) is 9.01. The van der Waals surface area contributed by atoms with E-state index in [0.29, 0.717) is 17.3 Å². The van der Waals surface area contributed by atoms with Crippen LogP contribution in [-0.4, -0.2) is 30.8 Å². The number of aromatic nitrogens is 4. The van der Waals surface area contributed by atoms with E-state index in [1.807, 2.05) is 54.0 Å². The molecule has 1 unspecified atom stereocenters. The maximum Gasteiger partial charge on any atom is 0.192 e. The topological polar surface area (TPSA) is 60.7 Å². The van der Waals surface area contributed by atoms with Crippen molar-refractivity contribution in [2.45, 2.75) is 23.9 Å². The van der Waals surface area contributed by atoms with E-state index in [0.717, 1.165) is 11.4 Å². The Morgan fingerprint density at radius 2 is 1.92 bits per heavy atom. The lowest BCUT2D eigenvalue weighted by Gasteiger charge is -2.11. The molecule has 25 heavy (non-hydrogen) atoms. The summed E-state index contributed by atoms with van der Waals surface area (Å²) in [6, 6.07) is 13.1. The maximum atomic E-state index is 12.6. The number of hydrogen-bond donors (Lipinski definition) is 0. The van der Waals surface area contributed by atoms with Gasteiger partial charge in [0.1, 0.15) is 0 Å². The number of Topliss-reactive ketones (excluding diaryl/α,β-unsaturated/α-hetero) is 1. The summed E-state index contributed by atoms with van der Waals surface area (Å²) in [6.07, 6.45) is 5.23. The van der Waals surface area contributed by atoms with Crippen LogP contribution in [0.25, 0.3) is 11.4 Å². The van der Waals surface area contributed by atoms with Crippen molar-refractivity contribution in [3.05, 3.63) is 73.1 Å². The molecule has 0 bridgehead atoms. The van der Waals surface area contributed by atoms with Gasteiger partial charge in [-0.3, -0.25) is 14.3 Å². The first-order chi connectivity index (χ1) is 12.2. The molecule has 2 heterocycles. The predicted octanol–water partition coefficient (Wildman–Crippen LogP) is 3.89. The van der Waals surface area contributed by atoms with E-state index in [1.165, 1.54) is 11.8 Å². The third kappa shape index (κ3) is 3.85. The average molecular weight is 350 g/mol. The molecule has 0 radical (unpaired) electrons. The number of benzene rings is 1. The van der Waals surface area contributed by atoms with Crippen molar-refractivity contribution in [1.29, 1.82) is 0 Å². The highest BCUT2D eigenvalue weighted by atomic mass is 32.2. The van der Waals surface area contributed by atoms with E-state index in [-0.39, 0.29) is 11.0 Å². The van der Waals surface area contributed by atoms with Crippen LogP contribution in [0.5, 0.6) is 0 Å². The van der Waals surface area contributed by atoms with Gasteiger partial charge >= 0.3 is 0 Å². The molecule has 0 aliphatic heterocycles. The molecule has 3 aromatic rings. The Morgan fingerprint density at radius 3 is 2.60 bits per heavy atom. The van der Waals surface area contributed by atoms with Crippen LogP contribution in [0.2, 0.25) is 0 Å². The fourth-order valence-corrected chi connectivity index (χ4v) is 3.37. The van der Waals surface area contributed by atoms with Gasteiger partial charge in [0, 0.05) is 30.1 Å². The van der Waals surface area contributed by atoms with Crippen molar-refractivity contribution in [2.24, 2.45) is 0 Å². The van der Waals surface area contributed by atoms with Gasteiger partial charge in [0.25, 0.3) is 0 Å². The van der Waals surface area contributed by atoms with Crippen molar-refractivity contribution < 1.29 is 4.79 Å². The summed E-state index contributed by atoms with van der Waals surface area (Å²) in [5.74, 6) is 0.813. The van der Waals surface area contributed by atoms with Gasteiger partial charge in [-0.05, 0) is 19.1 Å². The molecule has 0 N–H and O–H groups in total. The fourth-order valence-electron chi connectivity index (χ4n) is 2.43. The van der Waals surface area contributed by atoms with Crippen molar-refractivity contribution in [3.8, 4) is 11.4 Å². The number of rotatable bonds is 7. The number of thioether (sulfide) groups is 1. The normalized spacial score (nSPS) is 11.9. The molecule has 3 rings (SSSR count). The number of hydrogen-bond acceptors (Lipinski definition) is 5. The Balaban J connectivity index is 1.86. The molecular weight excluding hydrogens is 332 g/mol. The Kier molecular flexibility index (Phi) is 5.40. The second-order valence-corrected chi connectivity index (χ2v) is 6.74. The first kappa shape index (κ1) is 17.1. The molecule has 126 valence electrons. The Bertz CT molecular complexity index is 862. The lowest BCUT2D eigenvalue weighted by atomic mass is 10.1. The van der Waals surface area contributed by atoms with Crippen molar-refractivity contribution in [3.63, 3.8) is 0 Å². The fraction of sp³-hybridized carbons (Fsp3) is 0.158. The smallest absolute Gasteiger partial charge is 0.192 e. The van der Waals surface area contributed by atoms with E-state index in [2.05, 4.69) is 21.8 Å². The molecule has 0 aliphatic rings. The van der Waals surface area contributed by atoms with Crippen LogP contribution in [-0.2, 0) is 6.54 Å². The quantitative estimate of drug-likeness (QED) is 0.367. The standard InChI is InChI=1S/C19H18N4OS/c1-3-13-23-18(16-9-11-20-12-10-16)21-22-19(23)25-14(2)17(24)15-7-5-4-6-8-15/h3-12,14H,1,13H2,2H3. The molecule has 6 heteroatoms. The van der Waals surface area contributed by atoms with Crippen LogP contribution in [0.4, 0.5) is 0 Å². The number of carbonyl (C=O) groups excluding carboxylic acids is 1. The molecule has 1 atom stereocenters. The van der Waals surface area contributed by atoms with Gasteiger partial charge in [-0.15, -0.1) is 16.8 Å². The summed E-state index contributed by atoms with van der Waals surface area (Å²) < 4.78 is 1.96. The number of pyridine rings is 1. The van der Waals surface area contributed by atoms with Crippen LogP contribution in [0, 0.1) is 0 Å². The van der Waals surface area contributed by atoms with Crippen molar-refractivity contribution in [1.82, 2.24) is 19.7 Å². The van der Waals surface area contributed by atoms with Crippen LogP contribution in [0.15, 0.2) is 72.7 Å². The lowest BCUT2D eigenvalue weighted by Crippen LogP contribution is -2.14. The van der Waals surface area contributed by atoms with E-state index in [1.54, 1.807) is 18.5 Å². The van der Waals surface area contributed by atoms with Gasteiger partial charge in [0.05, 0.1) is 5.25 Å². The van der Waals surface area contributed by atoms with Crippen molar-refractivity contribution in [2.75, 3.05) is 0 Å². The minimum atomic E-state index is -0.263. The van der Waals surface area contributed by atoms with Crippen LogP contribution in [0.3, 0.4) is 0 Å². The largest absolute Gasteiger partial charge is 0.298 e. The monoisotopic (exact) mass is 350 g/mol. The van der Waals surface area contributed by atoms with E-state index < -0.39 is 0 Å². The SMILES string of the molecule is C=CCn1c(SC(C)C(=O)c2ccccc2)nnc1-c1ccncc1. The molecule has 0 amide bonds. The molecular formula is C19H18N4OS. The third-order valence-electron chi connectivity index (χ3n) is 3.68. The van der Waals surface area contributed by atoms with Crippen LogP contribution < -0.4 is 0 Å². The van der Waals surface area contributed by atoms with Crippen molar-refractivity contribution >= 4 is 17.5 Å². The van der Waals surface area contributed by atoms with E-state index in [4.69, 9.17) is 0 Å². The summed E-state index contributed by atoms with van der Waals surface area (Å²) in [7, 11) is 0. The second-order valence-electron chi connectivity index (χ2n) is 5.43. The van der Waals surface area contributed by atoms with E-state index in [9.17, 15) is 4.79 Å². The highest BCUT2D eigenvalue weighted by Gasteiger charge is 2.21. The molecule has 1 aromatic carbocycles. The summed E-state index contributed by atoms with van der Waals surface area (Å²) in [4.78, 5) is 16.6. The zero-order valence-corrected chi connectivity index (χ0v) is 14.7. The Labute approximate surface area is 150 Å². The van der Waals surface area contributed by atoms with E-state index >= 15 is 0 Å². The summed E-state index contributed by atoms with van der Waals surface area (Å²) >= 11 is 1.40. The lowest BCUT2D eigenvalue weighted by molar-refractivity contribution is 0.0994. The number of ketones is 1. The minimum absolute atomic E-state index is 0.0733. The summed E-state index contributed by atoms with van der Waals surface area (Å²) in [6.45, 7) is 6.26. The van der Waals surface area contributed by atoms with Gasteiger partial charge in [0.15, 0.2) is 16.8 Å². The van der Waals surface area contributed by atoms with Gasteiger partial charge in [-0.1, -0.05) is 48.2 Å². The second kappa shape index (κ2) is 7.90. The number of allylic oxidation sites excluding steroid dienone is 1. The summed E-state index contributed by atoms with van der Waals surface area (Å²) in [5.41, 5.74) is 1.63. The zero-order valence-electron chi connectivity index (χ0n) is 13.9. The number of carbonyl (C=O) groups is 1. The van der Waals surface area contributed by atoms with Gasteiger partial charge in [0.2, 0.25) is 0 Å². The highest BCUT2D eigenvalue weighted by molar-refractivity contribution is 8.00. The molecule has 0 fully saturated rings. The van der Waals surface area contributed by atoms with Gasteiger partial charge in [-0.2, -0.15) is 0 Å². The zero-order chi connectivity index (χ0) is 17.6. The highest BCUT2D eigenvalue weighted by Crippen LogP contribution is 2.28. The number of nitrogens with zero attached hydrogens (tertiary/aromatic N) is 4. The molecule has 0 saturated heterocycles. The maximum absolute atomic E-state index is 12.6. The molecule has 0 spiro atoms. The van der Waals surface area contributed by atoms with Crippen LogP contribution in [0.1, 0.15) is 17.3 Å². The van der Waals surface area contributed by atoms with Gasteiger partial charge < -0.3 is 0 Å². The van der Waals surface area contributed by atoms with Crippen LogP contribution >= 0.6 is 11.8 Å². The molecule has 5 nitrogen and oxygen atoms in total. The molecule has 0 saturated carbocycles. The Hall–Kier alpha value is -2.73. The first-order valence-corrected chi connectivity index (χ1v) is 8.79. The average Bonchev–Trinajstić information content (AvgIpc) is 3.05. The first-order valence-electron chi connectivity index (χ1n) is 7.91.